The highest BCUT2D eigenvalue weighted by atomic mass is 16.5. The molecule has 0 spiro atoms. The number of hydrogen-bond acceptors (Lipinski definition) is 3. The first-order valence-corrected chi connectivity index (χ1v) is 5.47. The van der Waals surface area contributed by atoms with Crippen molar-refractivity contribution >= 4 is 5.97 Å². The predicted molar refractivity (Wildman–Crippen MR) is 68.5 cm³/mol. The van der Waals surface area contributed by atoms with Crippen molar-refractivity contribution in [2.75, 3.05) is 7.11 Å². The van der Waals surface area contributed by atoms with Gasteiger partial charge in [-0.1, -0.05) is 12.1 Å². The Labute approximate surface area is 104 Å². The molecule has 0 saturated carbocycles. The van der Waals surface area contributed by atoms with Crippen LogP contribution in [0.3, 0.4) is 0 Å². The first kappa shape index (κ1) is 12.1. The molecule has 0 unspecified atom stereocenters. The van der Waals surface area contributed by atoms with E-state index in [0.29, 0.717) is 5.56 Å². The number of carbonyl (C=O) groups excluding carboxylic acids is 1. The van der Waals surface area contributed by atoms with Gasteiger partial charge in [-0.05, 0) is 29.3 Å². The molecule has 0 N–H and O–H groups in total. The van der Waals surface area contributed by atoms with Crippen LogP contribution in [0.2, 0.25) is 0 Å². The average Bonchev–Trinajstić information content (AvgIpc) is 2.41. The summed E-state index contributed by atoms with van der Waals surface area (Å²) in [6.45, 7) is 0. The molecule has 0 atom stereocenters. The van der Waals surface area contributed by atoms with Crippen molar-refractivity contribution in [1.82, 2.24) is 4.57 Å². The minimum absolute atomic E-state index is 0.0510. The first-order chi connectivity index (χ1) is 8.61. The topological polar surface area (TPSA) is 48.3 Å². The van der Waals surface area contributed by atoms with Crippen molar-refractivity contribution in [3.63, 3.8) is 0 Å². The van der Waals surface area contributed by atoms with Gasteiger partial charge in [-0.15, -0.1) is 0 Å². The molecule has 1 aromatic carbocycles. The number of methoxy groups -OCH3 is 1. The molecule has 0 bridgehead atoms. The van der Waals surface area contributed by atoms with Crippen LogP contribution in [-0.2, 0) is 11.8 Å². The van der Waals surface area contributed by atoms with Crippen LogP contribution in [0.5, 0.6) is 0 Å². The van der Waals surface area contributed by atoms with E-state index in [1.165, 1.54) is 17.7 Å². The highest BCUT2D eigenvalue weighted by molar-refractivity contribution is 5.89. The van der Waals surface area contributed by atoms with E-state index in [9.17, 15) is 9.59 Å². The molecule has 2 rings (SSSR count). The second-order valence-corrected chi connectivity index (χ2v) is 3.94. The molecule has 18 heavy (non-hydrogen) atoms. The molecule has 0 aliphatic rings. The number of ether oxygens (including phenoxy) is 1. The van der Waals surface area contributed by atoms with Crippen LogP contribution in [0.4, 0.5) is 0 Å². The quantitative estimate of drug-likeness (QED) is 0.756. The summed E-state index contributed by atoms with van der Waals surface area (Å²) in [6.07, 6.45) is 1.76. The fourth-order valence-corrected chi connectivity index (χ4v) is 1.68. The average molecular weight is 243 g/mol. The number of esters is 1. The van der Waals surface area contributed by atoms with Crippen molar-refractivity contribution < 1.29 is 9.53 Å². The van der Waals surface area contributed by atoms with Crippen molar-refractivity contribution in [1.29, 1.82) is 0 Å². The SMILES string of the molecule is COC(=O)c1ccc(-c2ccc(=O)n(C)c2)cc1. The molecule has 2 aromatic rings. The molecule has 0 aliphatic heterocycles. The normalized spacial score (nSPS) is 10.1. The van der Waals surface area contributed by atoms with Crippen molar-refractivity contribution in [2.45, 2.75) is 0 Å². The number of pyridine rings is 1. The lowest BCUT2D eigenvalue weighted by atomic mass is 10.1. The Hall–Kier alpha value is -2.36. The highest BCUT2D eigenvalue weighted by Gasteiger charge is 2.05. The monoisotopic (exact) mass is 243 g/mol. The number of nitrogens with zero attached hydrogens (tertiary/aromatic N) is 1. The maximum atomic E-state index is 11.3. The van der Waals surface area contributed by atoms with Crippen LogP contribution in [0.15, 0.2) is 47.4 Å². The van der Waals surface area contributed by atoms with E-state index in [1.807, 2.05) is 12.1 Å². The molecule has 92 valence electrons. The maximum Gasteiger partial charge on any atom is 0.337 e. The van der Waals surface area contributed by atoms with Crippen LogP contribution in [-0.4, -0.2) is 17.6 Å². The van der Waals surface area contributed by atoms with Gasteiger partial charge in [0.05, 0.1) is 12.7 Å². The second kappa shape index (κ2) is 4.87. The largest absolute Gasteiger partial charge is 0.465 e. The van der Waals surface area contributed by atoms with Crippen LogP contribution < -0.4 is 5.56 Å². The third kappa shape index (κ3) is 2.32. The Kier molecular flexibility index (Phi) is 3.28. The van der Waals surface area contributed by atoms with E-state index < -0.39 is 0 Å². The summed E-state index contributed by atoms with van der Waals surface area (Å²) in [7, 11) is 3.05. The Balaban J connectivity index is 2.37. The standard InChI is InChI=1S/C14H13NO3/c1-15-9-12(7-8-13(15)16)10-3-5-11(6-4-10)14(17)18-2/h3-9H,1-2H3. The summed E-state index contributed by atoms with van der Waals surface area (Å²) in [4.78, 5) is 22.6. The van der Waals surface area contributed by atoms with Crippen LogP contribution in [0.1, 0.15) is 10.4 Å². The van der Waals surface area contributed by atoms with Gasteiger partial charge >= 0.3 is 5.97 Å². The van der Waals surface area contributed by atoms with Crippen LogP contribution in [0.25, 0.3) is 11.1 Å². The summed E-state index contributed by atoms with van der Waals surface area (Å²) in [5, 5.41) is 0. The zero-order chi connectivity index (χ0) is 13.1. The van der Waals surface area contributed by atoms with E-state index in [1.54, 1.807) is 31.4 Å². The lowest BCUT2D eigenvalue weighted by molar-refractivity contribution is 0.0601. The van der Waals surface area contributed by atoms with E-state index in [0.717, 1.165) is 11.1 Å². The minimum atomic E-state index is -0.359. The third-order valence-corrected chi connectivity index (χ3v) is 2.73. The third-order valence-electron chi connectivity index (χ3n) is 2.73. The number of carbonyl (C=O) groups is 1. The van der Waals surface area contributed by atoms with Gasteiger partial charge in [-0.2, -0.15) is 0 Å². The van der Waals surface area contributed by atoms with E-state index >= 15 is 0 Å². The summed E-state index contributed by atoms with van der Waals surface area (Å²) in [5.74, 6) is -0.359. The Morgan fingerprint density at radius 1 is 1.06 bits per heavy atom. The summed E-state index contributed by atoms with van der Waals surface area (Å²) in [6, 6.07) is 10.3. The molecule has 4 heteroatoms. The van der Waals surface area contributed by atoms with Crippen LogP contribution >= 0.6 is 0 Å². The van der Waals surface area contributed by atoms with Gasteiger partial charge in [0.25, 0.3) is 0 Å². The number of aryl methyl sites for hydroxylation is 1. The van der Waals surface area contributed by atoms with Gasteiger partial charge in [-0.3, -0.25) is 4.79 Å². The van der Waals surface area contributed by atoms with Gasteiger partial charge in [0, 0.05) is 19.3 Å². The fourth-order valence-electron chi connectivity index (χ4n) is 1.68. The molecule has 1 aromatic heterocycles. The maximum absolute atomic E-state index is 11.3. The highest BCUT2D eigenvalue weighted by Crippen LogP contribution is 2.18. The Morgan fingerprint density at radius 3 is 2.22 bits per heavy atom. The summed E-state index contributed by atoms with van der Waals surface area (Å²) < 4.78 is 6.15. The molecule has 0 saturated heterocycles. The number of hydrogen-bond donors (Lipinski definition) is 0. The zero-order valence-corrected chi connectivity index (χ0v) is 10.2. The zero-order valence-electron chi connectivity index (χ0n) is 10.2. The molecule has 1 heterocycles. The van der Waals surface area contributed by atoms with Crippen molar-refractivity contribution in [3.05, 3.63) is 58.5 Å². The molecule has 0 aliphatic carbocycles. The molecule has 0 radical (unpaired) electrons. The van der Waals surface area contributed by atoms with Gasteiger partial charge in [-0.25, -0.2) is 4.79 Å². The van der Waals surface area contributed by atoms with E-state index in [-0.39, 0.29) is 11.5 Å². The van der Waals surface area contributed by atoms with Gasteiger partial charge in [0.15, 0.2) is 0 Å². The summed E-state index contributed by atoms with van der Waals surface area (Å²) in [5.41, 5.74) is 2.32. The molecular weight excluding hydrogens is 230 g/mol. The lowest BCUT2D eigenvalue weighted by Gasteiger charge is -2.05. The van der Waals surface area contributed by atoms with Crippen molar-refractivity contribution in [2.24, 2.45) is 7.05 Å². The number of rotatable bonds is 2. The number of benzene rings is 1. The van der Waals surface area contributed by atoms with Crippen molar-refractivity contribution in [3.8, 4) is 11.1 Å². The van der Waals surface area contributed by atoms with E-state index in [4.69, 9.17) is 0 Å². The van der Waals surface area contributed by atoms with Gasteiger partial charge in [0.2, 0.25) is 5.56 Å². The van der Waals surface area contributed by atoms with Crippen LogP contribution in [0, 0.1) is 0 Å². The Bertz CT molecular complexity index is 626. The summed E-state index contributed by atoms with van der Waals surface area (Å²) >= 11 is 0. The van der Waals surface area contributed by atoms with Gasteiger partial charge < -0.3 is 9.30 Å². The molecule has 0 amide bonds. The lowest BCUT2D eigenvalue weighted by Crippen LogP contribution is -2.13. The first-order valence-electron chi connectivity index (χ1n) is 5.47. The minimum Gasteiger partial charge on any atom is -0.465 e. The molecule has 0 fully saturated rings. The predicted octanol–water partition coefficient (Wildman–Crippen LogP) is 1.84. The number of aromatic nitrogens is 1. The smallest absolute Gasteiger partial charge is 0.337 e. The van der Waals surface area contributed by atoms with E-state index in [2.05, 4.69) is 4.74 Å². The van der Waals surface area contributed by atoms with Gasteiger partial charge in [0.1, 0.15) is 0 Å². The second-order valence-electron chi connectivity index (χ2n) is 3.94. The fraction of sp³-hybridized carbons (Fsp3) is 0.143. The Morgan fingerprint density at radius 2 is 1.67 bits per heavy atom. The molecular formula is C14H13NO3. The molecule has 4 nitrogen and oxygen atoms in total.